The molecule has 2 aliphatic heterocycles. The zero-order valence-electron chi connectivity index (χ0n) is 25.2. The van der Waals surface area contributed by atoms with Crippen molar-refractivity contribution in [1.82, 2.24) is 14.7 Å². The van der Waals surface area contributed by atoms with Gasteiger partial charge in [0.15, 0.2) is 0 Å². The number of likely N-dealkylation sites (tertiary alicyclic amines) is 2. The van der Waals surface area contributed by atoms with E-state index in [0.717, 1.165) is 77.7 Å². The fraction of sp³-hybridized carbons (Fsp3) is 0.556. The number of aryl methyl sites for hydroxylation is 1. The Hall–Kier alpha value is -2.96. The van der Waals surface area contributed by atoms with Crippen molar-refractivity contribution in [3.63, 3.8) is 0 Å². The highest BCUT2D eigenvalue weighted by atomic mass is 16.4. The van der Waals surface area contributed by atoms with Crippen LogP contribution in [0.3, 0.4) is 0 Å². The number of carbonyl (C=O) groups excluding carboxylic acids is 1. The Morgan fingerprint density at radius 1 is 0.929 bits per heavy atom. The topological polar surface area (TPSA) is 64.1 Å². The van der Waals surface area contributed by atoms with Gasteiger partial charge in [-0.3, -0.25) is 14.5 Å². The van der Waals surface area contributed by atoms with Crippen LogP contribution in [-0.4, -0.2) is 83.0 Å². The summed E-state index contributed by atoms with van der Waals surface area (Å²) >= 11 is 0. The summed E-state index contributed by atoms with van der Waals surface area (Å²) in [5, 5.41) is 10.3. The Balaban J connectivity index is 1.21. The number of benzene rings is 2. The summed E-state index contributed by atoms with van der Waals surface area (Å²) in [5.41, 5.74) is 2.53. The lowest BCUT2D eigenvalue weighted by Crippen LogP contribution is -2.49. The molecule has 2 heterocycles. The van der Waals surface area contributed by atoms with Crippen molar-refractivity contribution in [2.75, 3.05) is 39.3 Å². The number of carboxylic acid groups (broad SMARTS) is 1. The number of hydrogen-bond donors (Lipinski definition) is 1. The first-order chi connectivity index (χ1) is 20.5. The van der Waals surface area contributed by atoms with Gasteiger partial charge in [0.25, 0.3) is 0 Å². The second-order valence-electron chi connectivity index (χ2n) is 12.8. The Morgan fingerprint density at radius 2 is 1.60 bits per heavy atom. The van der Waals surface area contributed by atoms with Crippen molar-refractivity contribution in [3.8, 4) is 0 Å². The molecule has 2 aromatic rings. The summed E-state index contributed by atoms with van der Waals surface area (Å²) in [7, 11) is 0. The zero-order valence-corrected chi connectivity index (χ0v) is 25.2. The number of carboxylic acids is 1. The van der Waals surface area contributed by atoms with E-state index >= 15 is 0 Å². The van der Waals surface area contributed by atoms with E-state index in [0.29, 0.717) is 24.8 Å². The molecule has 6 heteroatoms. The van der Waals surface area contributed by atoms with Crippen molar-refractivity contribution in [1.29, 1.82) is 0 Å². The number of carbonyl (C=O) groups is 2. The summed E-state index contributed by atoms with van der Waals surface area (Å²) < 4.78 is 0. The quantitative estimate of drug-likeness (QED) is 0.324. The van der Waals surface area contributed by atoms with Gasteiger partial charge < -0.3 is 14.9 Å². The standard InChI is InChI=1S/C36H49N3O3/c1-2-22-39(34(40)19-18-28-12-6-3-7-13-28)32-20-23-37(24-21-32)25-31-26-38(27-33(31)29-14-8-4-9-15-29)35(36(41)42)30-16-10-5-11-17-30/h2-4,6-9,12-15,30-33,35H,1,5,10-11,16-27H2,(H,41,42). The molecule has 0 spiro atoms. The maximum atomic E-state index is 13.3. The molecule has 2 aromatic carbocycles. The predicted octanol–water partition coefficient (Wildman–Crippen LogP) is 5.85. The number of amides is 1. The van der Waals surface area contributed by atoms with Gasteiger partial charge in [-0.15, -0.1) is 6.58 Å². The van der Waals surface area contributed by atoms with Gasteiger partial charge in [-0.25, -0.2) is 0 Å². The van der Waals surface area contributed by atoms with E-state index in [2.05, 4.69) is 63.7 Å². The first kappa shape index (κ1) is 30.5. The molecular weight excluding hydrogens is 522 g/mol. The number of hydrogen-bond acceptors (Lipinski definition) is 4. The maximum Gasteiger partial charge on any atom is 0.321 e. The molecule has 1 saturated carbocycles. The van der Waals surface area contributed by atoms with E-state index < -0.39 is 5.97 Å². The Labute approximate surface area is 252 Å². The monoisotopic (exact) mass is 571 g/mol. The van der Waals surface area contributed by atoms with Crippen LogP contribution in [0.1, 0.15) is 68.4 Å². The second kappa shape index (κ2) is 15.0. The first-order valence-electron chi connectivity index (χ1n) is 16.2. The van der Waals surface area contributed by atoms with Crippen LogP contribution in [0.15, 0.2) is 73.3 Å². The number of aliphatic carboxylic acids is 1. The fourth-order valence-electron chi connectivity index (χ4n) is 7.88. The van der Waals surface area contributed by atoms with E-state index in [1.165, 1.54) is 17.5 Å². The Bertz CT molecular complexity index is 1140. The van der Waals surface area contributed by atoms with Crippen LogP contribution >= 0.6 is 0 Å². The minimum Gasteiger partial charge on any atom is -0.480 e. The average molecular weight is 572 g/mol. The van der Waals surface area contributed by atoms with Crippen molar-refractivity contribution in [2.45, 2.75) is 75.8 Å². The van der Waals surface area contributed by atoms with E-state index in [1.807, 2.05) is 24.3 Å². The molecule has 5 rings (SSSR count). The maximum absolute atomic E-state index is 13.3. The van der Waals surface area contributed by atoms with Gasteiger partial charge in [-0.2, -0.15) is 0 Å². The third kappa shape index (κ3) is 7.70. The minimum absolute atomic E-state index is 0.218. The van der Waals surface area contributed by atoms with E-state index in [-0.39, 0.29) is 23.9 Å². The van der Waals surface area contributed by atoms with Crippen LogP contribution in [0.4, 0.5) is 0 Å². The lowest BCUT2D eigenvalue weighted by molar-refractivity contribution is -0.145. The van der Waals surface area contributed by atoms with Crippen molar-refractivity contribution < 1.29 is 14.7 Å². The molecule has 0 aromatic heterocycles. The third-order valence-electron chi connectivity index (χ3n) is 10.0. The summed E-state index contributed by atoms with van der Waals surface area (Å²) in [5.74, 6) is 0.569. The normalized spacial score (nSPS) is 23.4. The molecule has 226 valence electrons. The highest BCUT2D eigenvalue weighted by Gasteiger charge is 2.43. The molecule has 3 aliphatic rings. The molecule has 3 atom stereocenters. The van der Waals surface area contributed by atoms with E-state index in [4.69, 9.17) is 0 Å². The van der Waals surface area contributed by atoms with E-state index in [9.17, 15) is 14.7 Å². The van der Waals surface area contributed by atoms with Crippen LogP contribution in [0.5, 0.6) is 0 Å². The molecule has 42 heavy (non-hydrogen) atoms. The number of nitrogens with zero attached hydrogens (tertiary/aromatic N) is 3. The average Bonchev–Trinajstić information content (AvgIpc) is 3.43. The van der Waals surface area contributed by atoms with Gasteiger partial charge in [0.2, 0.25) is 5.91 Å². The molecule has 6 nitrogen and oxygen atoms in total. The highest BCUT2D eigenvalue weighted by molar-refractivity contribution is 5.77. The summed E-state index contributed by atoms with van der Waals surface area (Å²) in [6.45, 7) is 9.10. The molecular formula is C36H49N3O3. The van der Waals surface area contributed by atoms with Crippen LogP contribution < -0.4 is 0 Å². The van der Waals surface area contributed by atoms with Crippen molar-refractivity contribution >= 4 is 11.9 Å². The van der Waals surface area contributed by atoms with Gasteiger partial charge in [0, 0.05) is 57.6 Å². The van der Waals surface area contributed by atoms with Crippen LogP contribution in [-0.2, 0) is 16.0 Å². The molecule has 0 radical (unpaired) electrons. The van der Waals surface area contributed by atoms with Gasteiger partial charge in [0.05, 0.1) is 0 Å². The predicted molar refractivity (Wildman–Crippen MR) is 168 cm³/mol. The Morgan fingerprint density at radius 3 is 2.24 bits per heavy atom. The summed E-state index contributed by atoms with van der Waals surface area (Å²) in [4.78, 5) is 32.8. The lowest BCUT2D eigenvalue weighted by atomic mass is 9.83. The summed E-state index contributed by atoms with van der Waals surface area (Å²) in [6.07, 6.45) is 10.7. The molecule has 1 N–H and O–H groups in total. The SMILES string of the molecule is C=CCN(C(=O)CCc1ccccc1)C1CCN(CC2CN(C(C(=O)O)C3CCCCC3)CC2c2ccccc2)CC1. The fourth-order valence-corrected chi connectivity index (χ4v) is 7.88. The third-order valence-corrected chi connectivity index (χ3v) is 10.0. The molecule has 3 unspecified atom stereocenters. The number of rotatable bonds is 12. The van der Waals surface area contributed by atoms with Crippen LogP contribution in [0, 0.1) is 11.8 Å². The molecule has 3 fully saturated rings. The van der Waals surface area contributed by atoms with Crippen LogP contribution in [0.25, 0.3) is 0 Å². The van der Waals surface area contributed by atoms with Gasteiger partial charge >= 0.3 is 5.97 Å². The second-order valence-corrected chi connectivity index (χ2v) is 12.8. The molecule has 2 saturated heterocycles. The zero-order chi connectivity index (χ0) is 29.3. The lowest BCUT2D eigenvalue weighted by Gasteiger charge is -2.39. The van der Waals surface area contributed by atoms with Crippen molar-refractivity contribution in [3.05, 3.63) is 84.4 Å². The number of piperidine rings is 1. The minimum atomic E-state index is -0.644. The van der Waals surface area contributed by atoms with Gasteiger partial charge in [0.1, 0.15) is 6.04 Å². The summed E-state index contributed by atoms with van der Waals surface area (Å²) in [6, 6.07) is 20.8. The van der Waals surface area contributed by atoms with Crippen LogP contribution in [0.2, 0.25) is 0 Å². The van der Waals surface area contributed by atoms with Gasteiger partial charge in [-0.05, 0) is 55.1 Å². The molecule has 0 bridgehead atoms. The molecule has 1 aliphatic carbocycles. The first-order valence-corrected chi connectivity index (χ1v) is 16.2. The van der Waals surface area contributed by atoms with Gasteiger partial charge in [-0.1, -0.05) is 86.0 Å². The van der Waals surface area contributed by atoms with Crippen molar-refractivity contribution in [2.24, 2.45) is 11.8 Å². The largest absolute Gasteiger partial charge is 0.480 e. The van der Waals surface area contributed by atoms with E-state index in [1.54, 1.807) is 0 Å². The smallest absolute Gasteiger partial charge is 0.321 e. The molecule has 1 amide bonds. The Kier molecular flexibility index (Phi) is 10.9. The highest BCUT2D eigenvalue weighted by Crippen LogP contribution is 2.38.